The molecule has 0 heterocycles. The van der Waals surface area contributed by atoms with Gasteiger partial charge in [-0.15, -0.1) is 0 Å². The molecule has 0 aliphatic heterocycles. The molecule has 0 radical (unpaired) electrons. The molecule has 0 N–H and O–H groups in total. The molecule has 0 aromatic heterocycles. The van der Waals surface area contributed by atoms with Gasteiger partial charge in [0.05, 0.1) is 0 Å². The maximum atomic E-state index is 12.2. The molecule has 1 aliphatic carbocycles. The van der Waals surface area contributed by atoms with Gasteiger partial charge in [0.2, 0.25) is 0 Å². The third-order valence-electron chi connectivity index (χ3n) is 4.05. The highest BCUT2D eigenvalue weighted by molar-refractivity contribution is 5.81. The van der Waals surface area contributed by atoms with Gasteiger partial charge in [-0.1, -0.05) is 55.5 Å². The van der Waals surface area contributed by atoms with Gasteiger partial charge >= 0.3 is 0 Å². The molecular formula is C17H24O. The third kappa shape index (κ3) is 3.97. The van der Waals surface area contributed by atoms with Crippen LogP contribution in [0.25, 0.3) is 0 Å². The first-order valence-electron chi connectivity index (χ1n) is 7.34. The Morgan fingerprint density at radius 2 is 1.89 bits per heavy atom. The molecule has 0 atom stereocenters. The fourth-order valence-corrected chi connectivity index (χ4v) is 2.94. The zero-order valence-electron chi connectivity index (χ0n) is 11.5. The van der Waals surface area contributed by atoms with Crippen LogP contribution in [0.5, 0.6) is 0 Å². The lowest BCUT2D eigenvalue weighted by molar-refractivity contribution is -0.123. The molecule has 0 unspecified atom stereocenters. The highest BCUT2D eigenvalue weighted by Crippen LogP contribution is 2.25. The van der Waals surface area contributed by atoms with Crippen LogP contribution in [-0.2, 0) is 11.2 Å². The number of Topliss-reactive ketones (excluding diaryl/α,β-unsaturated/α-hetero) is 1. The summed E-state index contributed by atoms with van der Waals surface area (Å²) >= 11 is 0. The zero-order chi connectivity index (χ0) is 12.8. The smallest absolute Gasteiger partial charge is 0.136 e. The van der Waals surface area contributed by atoms with Crippen LogP contribution < -0.4 is 0 Å². The average molecular weight is 244 g/mol. The van der Waals surface area contributed by atoms with Gasteiger partial charge in [-0.3, -0.25) is 4.79 Å². The van der Waals surface area contributed by atoms with E-state index >= 15 is 0 Å². The van der Waals surface area contributed by atoms with E-state index in [0.717, 1.165) is 25.7 Å². The molecule has 98 valence electrons. The van der Waals surface area contributed by atoms with E-state index in [1.54, 1.807) is 0 Å². The molecule has 1 aromatic carbocycles. The Morgan fingerprint density at radius 3 is 2.56 bits per heavy atom. The topological polar surface area (TPSA) is 17.1 Å². The predicted octanol–water partition coefficient (Wildman–Crippen LogP) is 4.47. The van der Waals surface area contributed by atoms with Crippen LogP contribution in [0, 0.1) is 12.8 Å². The highest BCUT2D eigenvalue weighted by atomic mass is 16.1. The van der Waals surface area contributed by atoms with Gasteiger partial charge in [0.1, 0.15) is 5.78 Å². The first kappa shape index (κ1) is 13.3. The summed E-state index contributed by atoms with van der Waals surface area (Å²) in [5.74, 6) is 0.857. The van der Waals surface area contributed by atoms with E-state index in [-0.39, 0.29) is 0 Å². The van der Waals surface area contributed by atoms with Crippen LogP contribution in [0.2, 0.25) is 0 Å². The second kappa shape index (κ2) is 6.72. The van der Waals surface area contributed by atoms with Crippen molar-refractivity contribution in [3.8, 4) is 0 Å². The Balaban J connectivity index is 1.83. The molecule has 1 aliphatic rings. The number of benzene rings is 1. The van der Waals surface area contributed by atoms with Crippen LogP contribution in [0.4, 0.5) is 0 Å². The van der Waals surface area contributed by atoms with E-state index in [0.29, 0.717) is 11.7 Å². The van der Waals surface area contributed by atoms with Crippen LogP contribution in [-0.4, -0.2) is 5.78 Å². The minimum atomic E-state index is 0.359. The second-order valence-electron chi connectivity index (χ2n) is 5.64. The van der Waals surface area contributed by atoms with Gasteiger partial charge in [-0.05, 0) is 31.7 Å². The first-order chi connectivity index (χ1) is 8.75. The van der Waals surface area contributed by atoms with Crippen molar-refractivity contribution in [3.05, 3.63) is 35.4 Å². The summed E-state index contributed by atoms with van der Waals surface area (Å²) in [6.07, 6.45) is 9.05. The molecule has 1 fully saturated rings. The normalized spacial score (nSPS) is 17.4. The van der Waals surface area contributed by atoms with Crippen molar-refractivity contribution in [2.24, 2.45) is 5.92 Å². The monoisotopic (exact) mass is 244 g/mol. The van der Waals surface area contributed by atoms with E-state index in [9.17, 15) is 4.79 Å². The molecule has 1 saturated carbocycles. The van der Waals surface area contributed by atoms with Gasteiger partial charge in [0, 0.05) is 12.3 Å². The predicted molar refractivity (Wildman–Crippen MR) is 75.7 cm³/mol. The SMILES string of the molecule is Cc1cccc(CCC(=O)C2CCCCCC2)c1. The van der Waals surface area contributed by atoms with Crippen LogP contribution >= 0.6 is 0 Å². The summed E-state index contributed by atoms with van der Waals surface area (Å²) in [5, 5.41) is 0. The minimum Gasteiger partial charge on any atom is -0.299 e. The lowest BCUT2D eigenvalue weighted by Gasteiger charge is -2.12. The quantitative estimate of drug-likeness (QED) is 0.714. The number of hydrogen-bond donors (Lipinski definition) is 0. The number of aryl methyl sites for hydroxylation is 2. The van der Waals surface area contributed by atoms with Crippen LogP contribution in [0.1, 0.15) is 56.1 Å². The summed E-state index contributed by atoms with van der Waals surface area (Å²) in [7, 11) is 0. The molecule has 1 heteroatoms. The molecular weight excluding hydrogens is 220 g/mol. The van der Waals surface area contributed by atoms with Crippen LogP contribution in [0.3, 0.4) is 0 Å². The number of ketones is 1. The van der Waals surface area contributed by atoms with E-state index in [1.807, 2.05) is 0 Å². The zero-order valence-corrected chi connectivity index (χ0v) is 11.5. The van der Waals surface area contributed by atoms with Gasteiger partial charge in [-0.2, -0.15) is 0 Å². The lowest BCUT2D eigenvalue weighted by atomic mass is 9.91. The Bertz CT molecular complexity index is 386. The number of carbonyl (C=O) groups excluding carboxylic acids is 1. The number of carbonyl (C=O) groups is 1. The standard InChI is InChI=1S/C17H24O/c1-14-7-6-8-15(13-14)11-12-17(18)16-9-4-2-3-5-10-16/h6-8,13,16H,2-5,9-12H2,1H3. The van der Waals surface area contributed by atoms with Crippen molar-refractivity contribution in [1.29, 1.82) is 0 Å². The molecule has 0 bridgehead atoms. The van der Waals surface area contributed by atoms with Crippen molar-refractivity contribution < 1.29 is 4.79 Å². The molecule has 18 heavy (non-hydrogen) atoms. The van der Waals surface area contributed by atoms with Gasteiger partial charge in [0.15, 0.2) is 0 Å². The number of rotatable bonds is 4. The fraction of sp³-hybridized carbons (Fsp3) is 0.588. The third-order valence-corrected chi connectivity index (χ3v) is 4.05. The van der Waals surface area contributed by atoms with Gasteiger partial charge in [-0.25, -0.2) is 0 Å². The maximum absolute atomic E-state index is 12.2. The van der Waals surface area contributed by atoms with Crippen molar-refractivity contribution in [2.45, 2.75) is 58.3 Å². The van der Waals surface area contributed by atoms with E-state index in [1.165, 1.54) is 36.8 Å². The highest BCUT2D eigenvalue weighted by Gasteiger charge is 2.19. The molecule has 2 rings (SSSR count). The van der Waals surface area contributed by atoms with E-state index < -0.39 is 0 Å². The molecule has 0 amide bonds. The van der Waals surface area contributed by atoms with Crippen molar-refractivity contribution in [3.63, 3.8) is 0 Å². The number of hydrogen-bond acceptors (Lipinski definition) is 1. The van der Waals surface area contributed by atoms with Crippen LogP contribution in [0.15, 0.2) is 24.3 Å². The molecule has 1 nitrogen and oxygen atoms in total. The van der Waals surface area contributed by atoms with Gasteiger partial charge < -0.3 is 0 Å². The Morgan fingerprint density at radius 1 is 1.17 bits per heavy atom. The summed E-state index contributed by atoms with van der Waals surface area (Å²) in [4.78, 5) is 12.2. The largest absolute Gasteiger partial charge is 0.299 e. The van der Waals surface area contributed by atoms with Gasteiger partial charge in [0.25, 0.3) is 0 Å². The van der Waals surface area contributed by atoms with Crippen molar-refractivity contribution in [1.82, 2.24) is 0 Å². The summed E-state index contributed by atoms with van der Waals surface area (Å²) in [6, 6.07) is 8.52. The molecule has 1 aromatic rings. The summed E-state index contributed by atoms with van der Waals surface area (Å²) in [6.45, 7) is 2.11. The Kier molecular flexibility index (Phi) is 4.98. The summed E-state index contributed by atoms with van der Waals surface area (Å²) < 4.78 is 0. The minimum absolute atomic E-state index is 0.359. The second-order valence-corrected chi connectivity index (χ2v) is 5.64. The average Bonchev–Trinajstić information content (AvgIpc) is 2.65. The Hall–Kier alpha value is -1.11. The maximum Gasteiger partial charge on any atom is 0.136 e. The van der Waals surface area contributed by atoms with Crippen molar-refractivity contribution >= 4 is 5.78 Å². The van der Waals surface area contributed by atoms with Crippen molar-refractivity contribution in [2.75, 3.05) is 0 Å². The fourth-order valence-electron chi connectivity index (χ4n) is 2.94. The Labute approximate surface area is 111 Å². The first-order valence-corrected chi connectivity index (χ1v) is 7.34. The molecule has 0 saturated heterocycles. The lowest BCUT2D eigenvalue weighted by Crippen LogP contribution is -2.14. The molecule has 0 spiro atoms. The van der Waals surface area contributed by atoms with E-state index in [2.05, 4.69) is 31.2 Å². The summed E-state index contributed by atoms with van der Waals surface area (Å²) in [5.41, 5.74) is 2.59. The van der Waals surface area contributed by atoms with E-state index in [4.69, 9.17) is 0 Å².